The second-order valence-electron chi connectivity index (χ2n) is 4.31. The Morgan fingerprint density at radius 2 is 1.83 bits per heavy atom. The fraction of sp³-hybridized carbons (Fsp3) is 0.500. The first-order valence-corrected chi connectivity index (χ1v) is 7.78. The average Bonchev–Trinajstić information content (AvgIpc) is 2.36. The van der Waals surface area contributed by atoms with Crippen LogP contribution < -0.4 is 5.32 Å². The molecular weight excluding hydrogens is 274 g/mol. The average molecular weight is 292 g/mol. The molecule has 0 aliphatic heterocycles. The van der Waals surface area contributed by atoms with Crippen molar-refractivity contribution in [1.82, 2.24) is 0 Å². The Hall–Kier alpha value is -0.780. The van der Waals surface area contributed by atoms with Crippen LogP contribution in [0.15, 0.2) is 29.2 Å². The van der Waals surface area contributed by atoms with Gasteiger partial charge in [-0.1, -0.05) is 0 Å². The SMILES string of the molecule is CC(C)S(=O)(=O)c1ccc(NCC(O)CCl)cc1. The van der Waals surface area contributed by atoms with Crippen LogP contribution in [0.25, 0.3) is 0 Å². The van der Waals surface area contributed by atoms with Crippen molar-refractivity contribution in [2.24, 2.45) is 0 Å². The van der Waals surface area contributed by atoms with Gasteiger partial charge in [0, 0.05) is 12.2 Å². The summed E-state index contributed by atoms with van der Waals surface area (Å²) in [7, 11) is -3.23. The number of halogens is 1. The molecule has 6 heteroatoms. The van der Waals surface area contributed by atoms with Crippen LogP contribution >= 0.6 is 11.6 Å². The second-order valence-corrected chi connectivity index (χ2v) is 7.12. The van der Waals surface area contributed by atoms with Gasteiger partial charge in [-0.25, -0.2) is 8.42 Å². The van der Waals surface area contributed by atoms with Crippen molar-refractivity contribution in [1.29, 1.82) is 0 Å². The molecular formula is C12H18ClNO3S. The van der Waals surface area contributed by atoms with Gasteiger partial charge in [0.25, 0.3) is 0 Å². The first-order chi connectivity index (χ1) is 8.37. The topological polar surface area (TPSA) is 66.4 Å². The lowest BCUT2D eigenvalue weighted by molar-refractivity contribution is 0.211. The molecule has 1 rings (SSSR count). The summed E-state index contributed by atoms with van der Waals surface area (Å²) in [6.07, 6.45) is -0.620. The molecule has 0 aromatic heterocycles. The van der Waals surface area contributed by atoms with E-state index in [0.717, 1.165) is 5.69 Å². The fourth-order valence-corrected chi connectivity index (χ4v) is 2.49. The molecule has 0 saturated carbocycles. The molecule has 1 aromatic carbocycles. The van der Waals surface area contributed by atoms with E-state index in [-0.39, 0.29) is 5.88 Å². The summed E-state index contributed by atoms with van der Waals surface area (Å²) in [6.45, 7) is 3.64. The molecule has 1 atom stereocenters. The van der Waals surface area contributed by atoms with E-state index in [4.69, 9.17) is 11.6 Å². The van der Waals surface area contributed by atoms with Crippen molar-refractivity contribution in [2.75, 3.05) is 17.7 Å². The summed E-state index contributed by atoms with van der Waals surface area (Å²) >= 11 is 5.47. The Bertz CT molecular complexity index is 471. The largest absolute Gasteiger partial charge is 0.390 e. The molecule has 1 unspecified atom stereocenters. The maximum Gasteiger partial charge on any atom is 0.180 e. The Kier molecular flexibility index (Phi) is 5.44. The van der Waals surface area contributed by atoms with Crippen LogP contribution in [0.4, 0.5) is 5.69 Å². The third-order valence-corrected chi connectivity index (χ3v) is 5.05. The minimum absolute atomic E-state index is 0.160. The van der Waals surface area contributed by atoms with Gasteiger partial charge in [0.2, 0.25) is 0 Å². The van der Waals surface area contributed by atoms with Gasteiger partial charge in [-0.15, -0.1) is 11.6 Å². The Morgan fingerprint density at radius 1 is 1.28 bits per heavy atom. The molecule has 0 aliphatic rings. The van der Waals surface area contributed by atoms with Crippen molar-refractivity contribution in [3.63, 3.8) is 0 Å². The number of rotatable bonds is 6. The second kappa shape index (κ2) is 6.41. The van der Waals surface area contributed by atoms with Crippen molar-refractivity contribution < 1.29 is 13.5 Å². The lowest BCUT2D eigenvalue weighted by atomic mass is 10.3. The molecule has 4 nitrogen and oxygen atoms in total. The van der Waals surface area contributed by atoms with Crippen LogP contribution in [0.2, 0.25) is 0 Å². The van der Waals surface area contributed by atoms with Crippen LogP contribution in [-0.2, 0) is 9.84 Å². The number of hydrogen-bond donors (Lipinski definition) is 2. The molecule has 0 saturated heterocycles. The van der Waals surface area contributed by atoms with Gasteiger partial charge >= 0.3 is 0 Å². The molecule has 0 heterocycles. The van der Waals surface area contributed by atoms with Crippen molar-refractivity contribution in [3.05, 3.63) is 24.3 Å². The van der Waals surface area contributed by atoms with Gasteiger partial charge in [0.05, 0.1) is 22.1 Å². The summed E-state index contributed by atoms with van der Waals surface area (Å²) in [6, 6.07) is 6.47. The monoisotopic (exact) mass is 291 g/mol. The molecule has 0 bridgehead atoms. The summed E-state index contributed by atoms with van der Waals surface area (Å²) < 4.78 is 23.8. The highest BCUT2D eigenvalue weighted by molar-refractivity contribution is 7.92. The van der Waals surface area contributed by atoms with Crippen LogP contribution in [0.3, 0.4) is 0 Å². The van der Waals surface area contributed by atoms with Gasteiger partial charge in [0.1, 0.15) is 0 Å². The van der Waals surface area contributed by atoms with Gasteiger partial charge in [-0.05, 0) is 38.1 Å². The smallest absolute Gasteiger partial charge is 0.180 e. The maximum atomic E-state index is 11.9. The minimum Gasteiger partial charge on any atom is -0.390 e. The van der Waals surface area contributed by atoms with E-state index >= 15 is 0 Å². The number of aliphatic hydroxyl groups is 1. The van der Waals surface area contributed by atoms with E-state index in [0.29, 0.717) is 11.4 Å². The molecule has 102 valence electrons. The molecule has 0 aliphatic carbocycles. The summed E-state index contributed by atoms with van der Waals surface area (Å²) in [4.78, 5) is 0.306. The number of nitrogens with one attached hydrogen (secondary N) is 1. The summed E-state index contributed by atoms with van der Waals surface area (Å²) in [5.41, 5.74) is 0.752. The molecule has 0 radical (unpaired) electrons. The standard InChI is InChI=1S/C12H18ClNO3S/c1-9(2)18(16,17)12-5-3-10(4-6-12)14-8-11(15)7-13/h3-6,9,11,14-15H,7-8H2,1-2H3. The van der Waals surface area contributed by atoms with Crippen molar-refractivity contribution in [2.45, 2.75) is 30.1 Å². The third-order valence-electron chi connectivity index (χ3n) is 2.52. The predicted octanol–water partition coefficient (Wildman–Crippen LogP) is 1.88. The number of hydrogen-bond acceptors (Lipinski definition) is 4. The van der Waals surface area contributed by atoms with E-state index in [1.807, 2.05) is 0 Å². The van der Waals surface area contributed by atoms with Crippen LogP contribution in [-0.4, -0.2) is 37.3 Å². The summed E-state index contributed by atoms with van der Waals surface area (Å²) in [5, 5.41) is 11.8. The first-order valence-electron chi connectivity index (χ1n) is 5.69. The van der Waals surface area contributed by atoms with E-state index in [1.165, 1.54) is 0 Å². The molecule has 18 heavy (non-hydrogen) atoms. The zero-order valence-corrected chi connectivity index (χ0v) is 12.0. The molecule has 1 aromatic rings. The predicted molar refractivity (Wildman–Crippen MR) is 74.0 cm³/mol. The normalized spacial score (nSPS) is 13.6. The lowest BCUT2D eigenvalue weighted by Crippen LogP contribution is -2.20. The van der Waals surface area contributed by atoms with Crippen LogP contribution in [0.5, 0.6) is 0 Å². The van der Waals surface area contributed by atoms with E-state index in [1.54, 1.807) is 38.1 Å². The Balaban J connectivity index is 2.75. The highest BCUT2D eigenvalue weighted by Gasteiger charge is 2.18. The molecule has 0 fully saturated rings. The highest BCUT2D eigenvalue weighted by atomic mass is 35.5. The number of anilines is 1. The van der Waals surface area contributed by atoms with Crippen molar-refractivity contribution >= 4 is 27.1 Å². The van der Waals surface area contributed by atoms with Crippen molar-refractivity contribution in [3.8, 4) is 0 Å². The molecule has 0 spiro atoms. The number of sulfone groups is 1. The van der Waals surface area contributed by atoms with Crippen LogP contribution in [0.1, 0.15) is 13.8 Å². The summed E-state index contributed by atoms with van der Waals surface area (Å²) in [5.74, 6) is 0.160. The molecule has 0 amide bonds. The first kappa shape index (κ1) is 15.3. The fourth-order valence-electron chi connectivity index (χ4n) is 1.32. The van der Waals surface area contributed by atoms with E-state index in [2.05, 4.69) is 5.32 Å². The van der Waals surface area contributed by atoms with E-state index in [9.17, 15) is 13.5 Å². The number of alkyl halides is 1. The number of aliphatic hydroxyl groups excluding tert-OH is 1. The lowest BCUT2D eigenvalue weighted by Gasteiger charge is -2.11. The van der Waals surface area contributed by atoms with E-state index < -0.39 is 21.2 Å². The van der Waals surface area contributed by atoms with Crippen LogP contribution in [0, 0.1) is 0 Å². The Morgan fingerprint density at radius 3 is 2.28 bits per heavy atom. The highest BCUT2D eigenvalue weighted by Crippen LogP contribution is 2.18. The van der Waals surface area contributed by atoms with Gasteiger partial charge in [-0.3, -0.25) is 0 Å². The number of benzene rings is 1. The molecule has 2 N–H and O–H groups in total. The van der Waals surface area contributed by atoms with Gasteiger partial charge < -0.3 is 10.4 Å². The van der Waals surface area contributed by atoms with Gasteiger partial charge in [0.15, 0.2) is 9.84 Å². The maximum absolute atomic E-state index is 11.9. The minimum atomic E-state index is -3.23. The van der Waals surface area contributed by atoms with Gasteiger partial charge in [-0.2, -0.15) is 0 Å². The zero-order chi connectivity index (χ0) is 13.8. The third kappa shape index (κ3) is 3.86. The quantitative estimate of drug-likeness (QED) is 0.786. The Labute approximate surface area is 113 Å². The zero-order valence-electron chi connectivity index (χ0n) is 10.4.